The van der Waals surface area contributed by atoms with Crippen LogP contribution in [0.15, 0.2) is 11.6 Å². The largest absolute Gasteiger partial charge is 0.480 e. The number of carboxylic acids is 1. The third-order valence-corrected chi connectivity index (χ3v) is 2.84. The van der Waals surface area contributed by atoms with E-state index in [1.165, 1.54) is 4.90 Å². The average Bonchev–Trinajstić information content (AvgIpc) is 2.65. The maximum absolute atomic E-state index is 11.8. The van der Waals surface area contributed by atoms with Gasteiger partial charge in [-0.1, -0.05) is 18.9 Å². The lowest BCUT2D eigenvalue weighted by Crippen LogP contribution is -2.39. The van der Waals surface area contributed by atoms with Crippen LogP contribution in [0.3, 0.4) is 0 Å². The monoisotopic (exact) mass is 225 g/mol. The van der Waals surface area contributed by atoms with Crippen molar-refractivity contribution in [2.75, 3.05) is 6.54 Å². The van der Waals surface area contributed by atoms with Crippen molar-refractivity contribution in [3.05, 3.63) is 11.6 Å². The van der Waals surface area contributed by atoms with Gasteiger partial charge in [-0.05, 0) is 26.2 Å². The van der Waals surface area contributed by atoms with Crippen molar-refractivity contribution in [2.45, 2.75) is 45.6 Å². The van der Waals surface area contributed by atoms with Gasteiger partial charge >= 0.3 is 5.97 Å². The Bertz CT molecular complexity index is 309. The van der Waals surface area contributed by atoms with Crippen LogP contribution < -0.4 is 0 Å². The molecule has 1 atom stereocenters. The minimum absolute atomic E-state index is 0.157. The highest BCUT2D eigenvalue weighted by atomic mass is 16.4. The van der Waals surface area contributed by atoms with Crippen LogP contribution in [0.4, 0.5) is 0 Å². The summed E-state index contributed by atoms with van der Waals surface area (Å²) in [5, 5.41) is 8.96. The summed E-state index contributed by atoms with van der Waals surface area (Å²) < 4.78 is 0. The number of carboxylic acid groups (broad SMARTS) is 1. The Balaban J connectivity index is 2.66. The lowest BCUT2D eigenvalue weighted by atomic mass is 10.1. The summed E-state index contributed by atoms with van der Waals surface area (Å²) in [7, 11) is 0. The third-order valence-electron chi connectivity index (χ3n) is 2.84. The molecule has 0 saturated carbocycles. The molecule has 0 spiro atoms. The van der Waals surface area contributed by atoms with Crippen LogP contribution in [0.25, 0.3) is 0 Å². The first-order valence-electron chi connectivity index (χ1n) is 5.76. The molecular weight excluding hydrogens is 206 g/mol. The van der Waals surface area contributed by atoms with Gasteiger partial charge in [-0.15, -0.1) is 0 Å². The third kappa shape index (κ3) is 3.08. The van der Waals surface area contributed by atoms with Gasteiger partial charge in [0.25, 0.3) is 0 Å². The van der Waals surface area contributed by atoms with Crippen molar-refractivity contribution >= 4 is 11.9 Å². The van der Waals surface area contributed by atoms with Crippen LogP contribution in [-0.2, 0) is 9.59 Å². The molecule has 1 heterocycles. The molecule has 1 rings (SSSR count). The van der Waals surface area contributed by atoms with Gasteiger partial charge in [0.2, 0.25) is 5.91 Å². The molecule has 0 bridgehead atoms. The highest BCUT2D eigenvalue weighted by Gasteiger charge is 2.32. The van der Waals surface area contributed by atoms with Crippen molar-refractivity contribution in [1.82, 2.24) is 4.90 Å². The lowest BCUT2D eigenvalue weighted by Gasteiger charge is -2.19. The summed E-state index contributed by atoms with van der Waals surface area (Å²) in [5.41, 5.74) is 1.02. The maximum Gasteiger partial charge on any atom is 0.326 e. The molecule has 16 heavy (non-hydrogen) atoms. The Morgan fingerprint density at radius 1 is 1.50 bits per heavy atom. The minimum Gasteiger partial charge on any atom is -0.480 e. The molecule has 90 valence electrons. The molecule has 1 saturated heterocycles. The van der Waals surface area contributed by atoms with Gasteiger partial charge < -0.3 is 10.0 Å². The first-order chi connectivity index (χ1) is 7.56. The van der Waals surface area contributed by atoms with E-state index < -0.39 is 12.0 Å². The van der Waals surface area contributed by atoms with E-state index >= 15 is 0 Å². The second-order valence-corrected chi connectivity index (χ2v) is 4.27. The van der Waals surface area contributed by atoms with Crippen molar-refractivity contribution in [3.8, 4) is 0 Å². The van der Waals surface area contributed by atoms with Crippen LogP contribution in [0, 0.1) is 0 Å². The van der Waals surface area contributed by atoms with Crippen molar-refractivity contribution in [3.63, 3.8) is 0 Å². The number of carbonyl (C=O) groups excluding carboxylic acids is 1. The summed E-state index contributed by atoms with van der Waals surface area (Å²) >= 11 is 0. The van der Waals surface area contributed by atoms with Gasteiger partial charge in [0.1, 0.15) is 6.04 Å². The number of hydrogen-bond acceptors (Lipinski definition) is 2. The number of aliphatic carboxylic acids is 1. The summed E-state index contributed by atoms with van der Waals surface area (Å²) in [6.45, 7) is 4.52. The van der Waals surface area contributed by atoms with Gasteiger partial charge in [0.15, 0.2) is 0 Å². The number of allylic oxidation sites excluding steroid dienone is 1. The van der Waals surface area contributed by atoms with Crippen LogP contribution in [0.1, 0.15) is 39.5 Å². The SMILES string of the molecule is CCC/C(C)=C/C(=O)N1CCCC1C(=O)O. The lowest BCUT2D eigenvalue weighted by molar-refractivity contribution is -0.146. The zero-order valence-electron chi connectivity index (χ0n) is 9.90. The molecule has 4 nitrogen and oxygen atoms in total. The first-order valence-corrected chi connectivity index (χ1v) is 5.76. The Morgan fingerprint density at radius 3 is 2.75 bits per heavy atom. The fourth-order valence-electron chi connectivity index (χ4n) is 2.05. The van der Waals surface area contributed by atoms with Crippen LogP contribution in [0.2, 0.25) is 0 Å². The summed E-state index contributed by atoms with van der Waals surface area (Å²) in [5.74, 6) is -1.05. The second-order valence-electron chi connectivity index (χ2n) is 4.27. The number of nitrogens with zero attached hydrogens (tertiary/aromatic N) is 1. The molecule has 1 N–H and O–H groups in total. The minimum atomic E-state index is -0.896. The van der Waals surface area contributed by atoms with Crippen molar-refractivity contribution in [2.24, 2.45) is 0 Å². The van der Waals surface area contributed by atoms with Gasteiger partial charge in [0.05, 0.1) is 0 Å². The van der Waals surface area contributed by atoms with Crippen LogP contribution in [0.5, 0.6) is 0 Å². The molecule has 0 aromatic carbocycles. The van der Waals surface area contributed by atoms with Gasteiger partial charge in [-0.2, -0.15) is 0 Å². The van der Waals surface area contributed by atoms with E-state index in [4.69, 9.17) is 5.11 Å². The van der Waals surface area contributed by atoms with E-state index in [0.717, 1.165) is 24.8 Å². The molecule has 0 aromatic heterocycles. The molecule has 1 aliphatic heterocycles. The molecule has 1 aliphatic rings. The van der Waals surface area contributed by atoms with Crippen LogP contribution >= 0.6 is 0 Å². The van der Waals surface area contributed by atoms with Crippen LogP contribution in [-0.4, -0.2) is 34.5 Å². The molecule has 0 aliphatic carbocycles. The molecule has 1 unspecified atom stereocenters. The van der Waals surface area contributed by atoms with Gasteiger partial charge in [-0.25, -0.2) is 4.79 Å². The molecule has 0 aromatic rings. The standard InChI is InChI=1S/C12H19NO3/c1-3-5-9(2)8-11(14)13-7-4-6-10(13)12(15)16/h8,10H,3-7H2,1-2H3,(H,15,16)/b9-8+. The van der Waals surface area contributed by atoms with E-state index in [2.05, 4.69) is 6.92 Å². The number of carbonyl (C=O) groups is 2. The zero-order chi connectivity index (χ0) is 12.1. The van der Waals surface area contributed by atoms with E-state index in [0.29, 0.717) is 13.0 Å². The molecule has 0 radical (unpaired) electrons. The smallest absolute Gasteiger partial charge is 0.326 e. The Morgan fingerprint density at radius 2 is 2.19 bits per heavy atom. The Labute approximate surface area is 95.9 Å². The van der Waals surface area contributed by atoms with Gasteiger partial charge in [0, 0.05) is 12.6 Å². The highest BCUT2D eigenvalue weighted by Crippen LogP contribution is 2.18. The molecule has 1 fully saturated rings. The summed E-state index contributed by atoms with van der Waals surface area (Å²) in [6.07, 6.45) is 4.81. The predicted octanol–water partition coefficient (Wildman–Crippen LogP) is 1.81. The number of amides is 1. The maximum atomic E-state index is 11.8. The van der Waals surface area contributed by atoms with Crippen molar-refractivity contribution < 1.29 is 14.7 Å². The molecule has 4 heteroatoms. The Hall–Kier alpha value is -1.32. The van der Waals surface area contributed by atoms with Gasteiger partial charge in [-0.3, -0.25) is 4.79 Å². The second kappa shape index (κ2) is 5.68. The summed E-state index contributed by atoms with van der Waals surface area (Å²) in [4.78, 5) is 24.2. The fourth-order valence-corrected chi connectivity index (χ4v) is 2.05. The Kier molecular flexibility index (Phi) is 4.52. The number of hydrogen-bond donors (Lipinski definition) is 1. The van der Waals surface area contributed by atoms with E-state index in [-0.39, 0.29) is 5.91 Å². The number of likely N-dealkylation sites (tertiary alicyclic amines) is 1. The highest BCUT2D eigenvalue weighted by molar-refractivity contribution is 5.92. The van der Waals surface area contributed by atoms with E-state index in [1.807, 2.05) is 6.92 Å². The van der Waals surface area contributed by atoms with E-state index in [9.17, 15) is 9.59 Å². The summed E-state index contributed by atoms with van der Waals surface area (Å²) in [6, 6.07) is -0.627. The normalized spacial score (nSPS) is 21.2. The predicted molar refractivity (Wildman–Crippen MR) is 61.0 cm³/mol. The molecular formula is C12H19NO3. The first kappa shape index (κ1) is 12.7. The topological polar surface area (TPSA) is 57.6 Å². The number of rotatable bonds is 4. The fraction of sp³-hybridized carbons (Fsp3) is 0.667. The molecule has 1 amide bonds. The zero-order valence-corrected chi connectivity index (χ0v) is 9.90. The average molecular weight is 225 g/mol. The van der Waals surface area contributed by atoms with E-state index in [1.54, 1.807) is 6.08 Å². The van der Waals surface area contributed by atoms with Crippen molar-refractivity contribution in [1.29, 1.82) is 0 Å². The quantitative estimate of drug-likeness (QED) is 0.742.